The molecule has 0 saturated heterocycles. The Hall–Kier alpha value is -4.47. The first-order valence-corrected chi connectivity index (χ1v) is 13.3. The van der Waals surface area contributed by atoms with Crippen LogP contribution < -0.4 is 14.8 Å². The highest BCUT2D eigenvalue weighted by molar-refractivity contribution is 6.01. The summed E-state index contributed by atoms with van der Waals surface area (Å²) in [6.45, 7) is -0.207. The molecule has 9 nitrogen and oxygen atoms in total. The number of para-hydroxylation sites is 1. The molecule has 40 heavy (non-hydrogen) atoms. The molecule has 2 amide bonds. The molecule has 1 saturated carbocycles. The summed E-state index contributed by atoms with van der Waals surface area (Å²) < 4.78 is 27.2. The Kier molecular flexibility index (Phi) is 7.95. The van der Waals surface area contributed by atoms with Crippen molar-refractivity contribution in [2.45, 2.75) is 50.7 Å². The number of hydrogen-bond acceptors (Lipinski definition) is 6. The average molecular weight is 546 g/mol. The van der Waals surface area contributed by atoms with Gasteiger partial charge in [-0.3, -0.25) is 9.59 Å². The van der Waals surface area contributed by atoms with Crippen LogP contribution >= 0.6 is 0 Å². The number of hydrogen-bond donors (Lipinski definition) is 1. The van der Waals surface area contributed by atoms with Gasteiger partial charge in [-0.1, -0.05) is 54.8 Å². The van der Waals surface area contributed by atoms with Gasteiger partial charge in [-0.15, -0.1) is 5.10 Å². The number of benzene rings is 3. The molecule has 10 heteroatoms. The quantitative estimate of drug-likeness (QED) is 0.319. The van der Waals surface area contributed by atoms with Crippen molar-refractivity contribution in [2.75, 3.05) is 19.5 Å². The molecule has 1 aromatic heterocycles. The lowest BCUT2D eigenvalue weighted by Gasteiger charge is -2.45. The minimum atomic E-state index is -1.21. The van der Waals surface area contributed by atoms with Gasteiger partial charge in [-0.25, -0.2) is 9.07 Å². The van der Waals surface area contributed by atoms with Crippen molar-refractivity contribution in [3.63, 3.8) is 0 Å². The van der Waals surface area contributed by atoms with Gasteiger partial charge in [0.25, 0.3) is 0 Å². The summed E-state index contributed by atoms with van der Waals surface area (Å²) in [7, 11) is 3.06. The van der Waals surface area contributed by atoms with Crippen molar-refractivity contribution < 1.29 is 23.5 Å². The van der Waals surface area contributed by atoms with Crippen LogP contribution in [0.5, 0.6) is 11.5 Å². The number of fused-ring (bicyclic) bond motifs is 1. The number of rotatable bonds is 9. The normalized spacial score (nSPS) is 14.5. The molecule has 1 N–H and O–H groups in total. The van der Waals surface area contributed by atoms with E-state index in [9.17, 15) is 14.0 Å². The highest BCUT2D eigenvalue weighted by atomic mass is 19.1. The van der Waals surface area contributed by atoms with Crippen LogP contribution in [-0.4, -0.2) is 51.5 Å². The zero-order valence-electron chi connectivity index (χ0n) is 22.6. The van der Waals surface area contributed by atoms with Gasteiger partial charge >= 0.3 is 0 Å². The number of nitrogens with zero attached hydrogens (tertiary/aromatic N) is 4. The van der Waals surface area contributed by atoms with Crippen LogP contribution in [0.25, 0.3) is 11.0 Å². The highest BCUT2D eigenvalue weighted by Gasteiger charge is 2.47. The van der Waals surface area contributed by atoms with Crippen LogP contribution in [0.15, 0.2) is 66.7 Å². The number of carbonyl (C=O) groups excluding carboxylic acids is 2. The molecule has 0 radical (unpaired) electrons. The van der Waals surface area contributed by atoms with E-state index in [0.717, 1.165) is 19.3 Å². The van der Waals surface area contributed by atoms with Gasteiger partial charge in [0.1, 0.15) is 34.9 Å². The van der Waals surface area contributed by atoms with Crippen molar-refractivity contribution in [1.29, 1.82) is 0 Å². The number of carbonyl (C=O) groups is 2. The molecule has 0 atom stereocenters. The fraction of sp³-hybridized carbons (Fsp3) is 0.333. The average Bonchev–Trinajstić information content (AvgIpc) is 3.39. The van der Waals surface area contributed by atoms with E-state index >= 15 is 0 Å². The molecule has 1 heterocycles. The van der Waals surface area contributed by atoms with E-state index in [0.29, 0.717) is 46.6 Å². The molecule has 1 aliphatic rings. The van der Waals surface area contributed by atoms with Gasteiger partial charge in [0.2, 0.25) is 11.8 Å². The van der Waals surface area contributed by atoms with Gasteiger partial charge < -0.3 is 19.7 Å². The minimum absolute atomic E-state index is 0.0642. The molecule has 208 valence electrons. The van der Waals surface area contributed by atoms with Gasteiger partial charge in [0.05, 0.1) is 25.4 Å². The van der Waals surface area contributed by atoms with Crippen molar-refractivity contribution in [3.8, 4) is 11.5 Å². The summed E-state index contributed by atoms with van der Waals surface area (Å²) >= 11 is 0. The molecule has 3 aromatic carbocycles. The Morgan fingerprint density at radius 2 is 1.75 bits per heavy atom. The van der Waals surface area contributed by atoms with Crippen LogP contribution in [-0.2, 0) is 22.7 Å². The SMILES string of the molecule is COc1ccc(NC(=O)C2(N(Cc3ccccc3F)C(=O)Cn3nnc4ccccc43)CCCCC2)c(OC)c1. The largest absolute Gasteiger partial charge is 0.497 e. The summed E-state index contributed by atoms with van der Waals surface area (Å²) in [6, 6.07) is 18.8. The van der Waals surface area contributed by atoms with Gasteiger partial charge in [0.15, 0.2) is 0 Å². The van der Waals surface area contributed by atoms with E-state index < -0.39 is 11.4 Å². The number of aromatic nitrogens is 3. The monoisotopic (exact) mass is 545 g/mol. The molecule has 4 aromatic rings. The summed E-state index contributed by atoms with van der Waals surface area (Å²) in [5.74, 6) is -0.116. The molecule has 1 fully saturated rings. The van der Waals surface area contributed by atoms with Crippen molar-refractivity contribution in [1.82, 2.24) is 19.9 Å². The smallest absolute Gasteiger partial charge is 0.250 e. The molecule has 1 aliphatic carbocycles. The predicted octanol–water partition coefficient (Wildman–Crippen LogP) is 4.96. The summed E-state index contributed by atoms with van der Waals surface area (Å²) in [4.78, 5) is 29.9. The minimum Gasteiger partial charge on any atom is -0.497 e. The maximum Gasteiger partial charge on any atom is 0.250 e. The lowest BCUT2D eigenvalue weighted by molar-refractivity contribution is -0.149. The molecule has 5 rings (SSSR count). The van der Waals surface area contributed by atoms with E-state index in [1.165, 1.54) is 22.8 Å². The third-order valence-corrected chi connectivity index (χ3v) is 7.57. The van der Waals surface area contributed by atoms with Crippen LogP contribution in [0.2, 0.25) is 0 Å². The number of nitrogens with one attached hydrogen (secondary N) is 1. The Balaban J connectivity index is 1.54. The third kappa shape index (κ3) is 5.34. The topological polar surface area (TPSA) is 98.6 Å². The Morgan fingerprint density at radius 1 is 1.00 bits per heavy atom. The van der Waals surface area contributed by atoms with E-state index in [-0.39, 0.29) is 24.9 Å². The second-order valence-electron chi connectivity index (χ2n) is 9.92. The third-order valence-electron chi connectivity index (χ3n) is 7.57. The summed E-state index contributed by atoms with van der Waals surface area (Å²) in [5, 5.41) is 11.3. The molecule has 0 aliphatic heterocycles. The van der Waals surface area contributed by atoms with E-state index in [4.69, 9.17) is 9.47 Å². The Morgan fingerprint density at radius 3 is 2.50 bits per heavy atom. The molecular weight excluding hydrogens is 513 g/mol. The first kappa shape index (κ1) is 27.1. The van der Waals surface area contributed by atoms with Crippen LogP contribution in [0, 0.1) is 5.82 Å². The number of halogens is 1. The second kappa shape index (κ2) is 11.7. The predicted molar refractivity (Wildman–Crippen MR) is 148 cm³/mol. The van der Waals surface area contributed by atoms with Crippen LogP contribution in [0.3, 0.4) is 0 Å². The summed E-state index contributed by atoms with van der Waals surface area (Å²) in [6.07, 6.45) is 3.32. The maximum absolute atomic E-state index is 14.9. The second-order valence-corrected chi connectivity index (χ2v) is 9.92. The Labute approximate surface area is 231 Å². The number of amides is 2. The van der Waals surface area contributed by atoms with E-state index in [1.54, 1.807) is 43.5 Å². The first-order valence-electron chi connectivity index (χ1n) is 13.3. The van der Waals surface area contributed by atoms with E-state index in [1.807, 2.05) is 24.3 Å². The lowest BCUT2D eigenvalue weighted by atomic mass is 9.78. The molecule has 0 unspecified atom stereocenters. The van der Waals surface area contributed by atoms with Crippen LogP contribution in [0.1, 0.15) is 37.7 Å². The van der Waals surface area contributed by atoms with Gasteiger partial charge in [-0.2, -0.15) is 0 Å². The summed E-state index contributed by atoms with van der Waals surface area (Å²) in [5.41, 5.74) is 0.941. The number of anilines is 1. The van der Waals surface area contributed by atoms with Crippen molar-refractivity contribution in [2.24, 2.45) is 0 Å². The van der Waals surface area contributed by atoms with Crippen molar-refractivity contribution in [3.05, 3.63) is 78.1 Å². The molecular formula is C30H32FN5O4. The standard InChI is InChI=1S/C30H32FN5O4/c1-39-22-14-15-25(27(18-22)40-2)32-29(38)30(16-8-3-9-17-30)35(19-21-10-4-5-11-23(21)31)28(37)20-36-26-13-7-6-12-24(26)33-34-36/h4-7,10-15,18H,3,8-9,16-17,19-20H2,1-2H3,(H,32,38). The fourth-order valence-electron chi connectivity index (χ4n) is 5.42. The highest BCUT2D eigenvalue weighted by Crippen LogP contribution is 2.38. The molecule has 0 bridgehead atoms. The number of methoxy groups -OCH3 is 2. The van der Waals surface area contributed by atoms with Gasteiger partial charge in [0, 0.05) is 18.2 Å². The Bertz CT molecular complexity index is 1520. The van der Waals surface area contributed by atoms with E-state index in [2.05, 4.69) is 15.6 Å². The van der Waals surface area contributed by atoms with Crippen molar-refractivity contribution >= 4 is 28.5 Å². The van der Waals surface area contributed by atoms with Gasteiger partial charge in [-0.05, 0) is 43.2 Å². The van der Waals surface area contributed by atoms with Crippen LogP contribution in [0.4, 0.5) is 10.1 Å². The maximum atomic E-state index is 14.9. The number of ether oxygens (including phenoxy) is 2. The fourth-order valence-corrected chi connectivity index (χ4v) is 5.42. The zero-order chi connectivity index (χ0) is 28.1. The molecule has 0 spiro atoms. The lowest BCUT2D eigenvalue weighted by Crippen LogP contribution is -2.60. The zero-order valence-corrected chi connectivity index (χ0v) is 22.6. The first-order chi connectivity index (χ1) is 19.4.